The van der Waals surface area contributed by atoms with Crippen LogP contribution in [0.4, 0.5) is 17.1 Å². The summed E-state index contributed by atoms with van der Waals surface area (Å²) in [5.74, 6) is 1.09. The number of benzene rings is 3. The van der Waals surface area contributed by atoms with Crippen LogP contribution >= 0.6 is 15.9 Å². The molecule has 0 atom stereocenters. The number of halogens is 1. The molecule has 0 heterocycles. The van der Waals surface area contributed by atoms with Gasteiger partial charge in [-0.25, -0.2) is 0 Å². The van der Waals surface area contributed by atoms with E-state index in [1.165, 1.54) is 24.3 Å². The highest BCUT2D eigenvalue weighted by atomic mass is 79.9. The minimum absolute atomic E-state index is 0.0230. The summed E-state index contributed by atoms with van der Waals surface area (Å²) < 4.78 is 12.4. The number of non-ortho nitro benzene ring substituents is 2. The molecule has 0 aliphatic carbocycles. The monoisotopic (exact) mass is 501 g/mol. The van der Waals surface area contributed by atoms with Crippen LogP contribution in [0.15, 0.2) is 65.1 Å². The summed E-state index contributed by atoms with van der Waals surface area (Å²) in [5.41, 5.74) is 2.51. The largest absolute Gasteiger partial charge is 0.490 e. The van der Waals surface area contributed by atoms with Gasteiger partial charge >= 0.3 is 0 Å². The van der Waals surface area contributed by atoms with Crippen LogP contribution < -0.4 is 14.8 Å². The van der Waals surface area contributed by atoms with Crippen LogP contribution in [0.2, 0.25) is 0 Å². The summed E-state index contributed by atoms with van der Waals surface area (Å²) in [6, 6.07) is 16.1. The first-order valence-corrected chi connectivity index (χ1v) is 10.5. The Bertz CT molecular complexity index is 1100. The van der Waals surface area contributed by atoms with E-state index in [0.29, 0.717) is 29.1 Å². The van der Waals surface area contributed by atoms with Gasteiger partial charge in [-0.2, -0.15) is 0 Å². The summed E-state index contributed by atoms with van der Waals surface area (Å²) in [6.07, 6.45) is 0. The zero-order chi connectivity index (χ0) is 23.1. The molecule has 1 N–H and O–H groups in total. The van der Waals surface area contributed by atoms with E-state index in [0.717, 1.165) is 16.8 Å². The van der Waals surface area contributed by atoms with Crippen molar-refractivity contribution in [2.24, 2.45) is 0 Å². The number of anilines is 1. The summed E-state index contributed by atoms with van der Waals surface area (Å²) in [6.45, 7) is 3.01. The van der Waals surface area contributed by atoms with Gasteiger partial charge < -0.3 is 14.8 Å². The van der Waals surface area contributed by atoms with E-state index in [4.69, 9.17) is 9.47 Å². The first-order valence-electron chi connectivity index (χ1n) is 9.67. The van der Waals surface area contributed by atoms with Crippen LogP contribution in [0, 0.1) is 20.2 Å². The zero-order valence-corrected chi connectivity index (χ0v) is 18.7. The molecule has 0 radical (unpaired) electrons. The SMILES string of the molecule is CCOc1cc(CNc2ccc([N+](=O)[O-])cc2)cc(Br)c1OCc1ccc([N+](=O)[O-])cc1. The minimum Gasteiger partial charge on any atom is -0.490 e. The number of nitro groups is 2. The minimum atomic E-state index is -0.447. The van der Waals surface area contributed by atoms with E-state index in [-0.39, 0.29) is 18.0 Å². The maximum Gasteiger partial charge on any atom is 0.269 e. The van der Waals surface area contributed by atoms with Gasteiger partial charge in [0.05, 0.1) is 20.9 Å². The van der Waals surface area contributed by atoms with E-state index < -0.39 is 9.85 Å². The molecule has 0 aliphatic heterocycles. The Morgan fingerprint density at radius 3 is 2.03 bits per heavy atom. The number of hydrogen-bond donors (Lipinski definition) is 1. The third-order valence-corrected chi connectivity index (χ3v) is 5.06. The van der Waals surface area contributed by atoms with Crippen molar-refractivity contribution in [3.8, 4) is 11.5 Å². The van der Waals surface area contributed by atoms with Gasteiger partial charge in [-0.3, -0.25) is 20.2 Å². The van der Waals surface area contributed by atoms with Gasteiger partial charge in [0.25, 0.3) is 11.4 Å². The average molecular weight is 502 g/mol. The Labute approximate surface area is 192 Å². The van der Waals surface area contributed by atoms with E-state index in [9.17, 15) is 20.2 Å². The lowest BCUT2D eigenvalue weighted by Gasteiger charge is -2.16. The fraction of sp³-hybridized carbons (Fsp3) is 0.182. The molecule has 3 aromatic carbocycles. The second kappa shape index (κ2) is 10.6. The van der Waals surface area contributed by atoms with E-state index >= 15 is 0 Å². The van der Waals surface area contributed by atoms with Gasteiger partial charge in [-0.15, -0.1) is 0 Å². The second-order valence-electron chi connectivity index (χ2n) is 6.71. The Balaban J connectivity index is 1.70. The molecule has 9 nitrogen and oxygen atoms in total. The molecule has 0 aliphatic rings. The van der Waals surface area contributed by atoms with Gasteiger partial charge in [0.15, 0.2) is 11.5 Å². The van der Waals surface area contributed by atoms with Crippen molar-refractivity contribution in [2.45, 2.75) is 20.1 Å². The lowest BCUT2D eigenvalue weighted by molar-refractivity contribution is -0.385. The first-order chi connectivity index (χ1) is 15.4. The number of nitro benzene ring substituents is 2. The van der Waals surface area contributed by atoms with Gasteiger partial charge in [0.1, 0.15) is 6.61 Å². The van der Waals surface area contributed by atoms with E-state index in [2.05, 4.69) is 21.2 Å². The molecular formula is C22H20BrN3O6. The van der Waals surface area contributed by atoms with Crippen LogP contribution in [0.5, 0.6) is 11.5 Å². The van der Waals surface area contributed by atoms with Crippen molar-refractivity contribution in [1.82, 2.24) is 0 Å². The molecule has 0 aromatic heterocycles. The van der Waals surface area contributed by atoms with Crippen LogP contribution in [-0.4, -0.2) is 16.5 Å². The maximum atomic E-state index is 10.8. The third kappa shape index (κ3) is 5.94. The number of nitrogens with one attached hydrogen (secondary N) is 1. The lowest BCUT2D eigenvalue weighted by atomic mass is 10.2. The molecule has 0 saturated carbocycles. The van der Waals surface area contributed by atoms with Crippen LogP contribution in [-0.2, 0) is 13.2 Å². The van der Waals surface area contributed by atoms with Crippen LogP contribution in [0.1, 0.15) is 18.1 Å². The predicted molar refractivity (Wildman–Crippen MR) is 123 cm³/mol. The molecular weight excluding hydrogens is 482 g/mol. The second-order valence-corrected chi connectivity index (χ2v) is 7.56. The summed E-state index contributed by atoms with van der Waals surface area (Å²) >= 11 is 3.53. The van der Waals surface area contributed by atoms with Crippen molar-refractivity contribution in [1.29, 1.82) is 0 Å². The first kappa shape index (κ1) is 23.0. The molecule has 0 unspecified atom stereocenters. The third-order valence-electron chi connectivity index (χ3n) is 4.47. The summed E-state index contributed by atoms with van der Waals surface area (Å²) in [4.78, 5) is 20.7. The van der Waals surface area contributed by atoms with Crippen molar-refractivity contribution in [3.63, 3.8) is 0 Å². The number of rotatable bonds is 10. The smallest absolute Gasteiger partial charge is 0.269 e. The fourth-order valence-corrected chi connectivity index (χ4v) is 3.50. The van der Waals surface area contributed by atoms with Gasteiger partial charge in [0, 0.05) is 36.5 Å². The van der Waals surface area contributed by atoms with E-state index in [1.807, 2.05) is 19.1 Å². The van der Waals surface area contributed by atoms with Crippen LogP contribution in [0.3, 0.4) is 0 Å². The Morgan fingerprint density at radius 2 is 1.47 bits per heavy atom. The maximum absolute atomic E-state index is 10.8. The highest BCUT2D eigenvalue weighted by Crippen LogP contribution is 2.37. The number of ether oxygens (including phenoxy) is 2. The molecule has 0 amide bonds. The van der Waals surface area contributed by atoms with Crippen molar-refractivity contribution >= 4 is 33.0 Å². The summed E-state index contributed by atoms with van der Waals surface area (Å²) in [5, 5.41) is 24.8. The van der Waals surface area contributed by atoms with E-state index in [1.54, 1.807) is 24.3 Å². The average Bonchev–Trinajstić information content (AvgIpc) is 2.78. The molecule has 0 bridgehead atoms. The standard InChI is InChI=1S/C22H20BrN3O6/c1-2-31-21-12-16(13-24-17-5-9-19(10-6-17)26(29)30)11-20(23)22(21)32-14-15-3-7-18(8-4-15)25(27)28/h3-12,24H,2,13-14H2,1H3. The van der Waals surface area contributed by atoms with Crippen molar-refractivity contribution < 1.29 is 19.3 Å². The normalized spacial score (nSPS) is 10.4. The Hall–Kier alpha value is -3.66. The molecule has 0 fully saturated rings. The Kier molecular flexibility index (Phi) is 7.61. The highest BCUT2D eigenvalue weighted by Gasteiger charge is 2.14. The predicted octanol–water partition coefficient (Wildman–Crippen LogP) is 5.86. The molecule has 32 heavy (non-hydrogen) atoms. The molecule has 166 valence electrons. The number of nitrogens with zero attached hydrogens (tertiary/aromatic N) is 2. The molecule has 3 aromatic rings. The highest BCUT2D eigenvalue weighted by molar-refractivity contribution is 9.10. The fourth-order valence-electron chi connectivity index (χ4n) is 2.90. The van der Waals surface area contributed by atoms with Gasteiger partial charge in [0.2, 0.25) is 0 Å². The topological polar surface area (TPSA) is 117 Å². The molecule has 3 rings (SSSR count). The van der Waals surface area contributed by atoms with Crippen LogP contribution in [0.25, 0.3) is 0 Å². The quantitative estimate of drug-likeness (QED) is 0.273. The van der Waals surface area contributed by atoms with Gasteiger partial charge in [-0.1, -0.05) is 0 Å². The molecule has 0 spiro atoms. The molecule has 0 saturated heterocycles. The van der Waals surface area contributed by atoms with Crippen molar-refractivity contribution in [3.05, 3.63) is 96.5 Å². The summed E-state index contributed by atoms with van der Waals surface area (Å²) in [7, 11) is 0. The zero-order valence-electron chi connectivity index (χ0n) is 17.1. The van der Waals surface area contributed by atoms with Crippen molar-refractivity contribution in [2.75, 3.05) is 11.9 Å². The number of hydrogen-bond acceptors (Lipinski definition) is 7. The van der Waals surface area contributed by atoms with Gasteiger partial charge in [-0.05, 0) is 70.4 Å². The molecule has 10 heteroatoms. The Morgan fingerprint density at radius 1 is 0.875 bits per heavy atom. The lowest BCUT2D eigenvalue weighted by Crippen LogP contribution is -2.04.